The molecule has 1 saturated carbocycles. The van der Waals surface area contributed by atoms with Crippen LogP contribution in [0.5, 0.6) is 0 Å². The van der Waals surface area contributed by atoms with Crippen LogP contribution in [0.3, 0.4) is 0 Å². The molecule has 112 valence electrons. The predicted molar refractivity (Wildman–Crippen MR) is 88.3 cm³/mol. The van der Waals surface area contributed by atoms with E-state index in [1.807, 2.05) is 7.05 Å². The number of nitrogens with zero attached hydrogens (tertiary/aromatic N) is 2. The largest absolute Gasteiger partial charge is 0.372 e. The molecule has 0 bridgehead atoms. The summed E-state index contributed by atoms with van der Waals surface area (Å²) in [7, 11) is 1.93. The second kappa shape index (κ2) is 7.39. The van der Waals surface area contributed by atoms with Crippen LogP contribution in [0.15, 0.2) is 4.47 Å². The maximum Gasteiger partial charge on any atom is 0.144 e. The predicted octanol–water partition coefficient (Wildman–Crippen LogP) is 4.92. The van der Waals surface area contributed by atoms with Crippen molar-refractivity contribution < 1.29 is 0 Å². The molecule has 1 heterocycles. The number of halogens is 1. The molecule has 0 spiro atoms. The lowest BCUT2D eigenvalue weighted by molar-refractivity contribution is 0.302. The maximum atomic E-state index is 4.80. The highest BCUT2D eigenvalue weighted by Gasteiger charge is 2.25. The third kappa shape index (κ3) is 3.51. The highest BCUT2D eigenvalue weighted by molar-refractivity contribution is 9.10. The molecule has 20 heavy (non-hydrogen) atoms. The SMILES string of the molecule is CCCC1CCC(c2nc(CC)c(Br)c(NC)n2)CC1. The zero-order valence-electron chi connectivity index (χ0n) is 12.9. The summed E-state index contributed by atoms with van der Waals surface area (Å²) in [5, 5.41) is 3.18. The molecule has 0 saturated heterocycles. The van der Waals surface area contributed by atoms with Crippen molar-refractivity contribution >= 4 is 21.7 Å². The van der Waals surface area contributed by atoms with Crippen molar-refractivity contribution in [1.82, 2.24) is 9.97 Å². The van der Waals surface area contributed by atoms with Crippen LogP contribution in [0.4, 0.5) is 5.82 Å². The van der Waals surface area contributed by atoms with Gasteiger partial charge in [-0.2, -0.15) is 0 Å². The molecule has 0 aliphatic heterocycles. The summed E-state index contributed by atoms with van der Waals surface area (Å²) < 4.78 is 1.02. The Morgan fingerprint density at radius 1 is 1.15 bits per heavy atom. The second-order valence-electron chi connectivity index (χ2n) is 5.80. The Kier molecular flexibility index (Phi) is 5.82. The smallest absolute Gasteiger partial charge is 0.144 e. The van der Waals surface area contributed by atoms with Gasteiger partial charge in [0.2, 0.25) is 0 Å². The van der Waals surface area contributed by atoms with Crippen molar-refractivity contribution in [2.24, 2.45) is 5.92 Å². The Morgan fingerprint density at radius 2 is 1.85 bits per heavy atom. The average molecular weight is 340 g/mol. The molecule has 1 aliphatic carbocycles. The first-order valence-electron chi connectivity index (χ1n) is 7.93. The van der Waals surface area contributed by atoms with Gasteiger partial charge in [-0.3, -0.25) is 0 Å². The molecular formula is C16H26BrN3. The van der Waals surface area contributed by atoms with Gasteiger partial charge in [-0.05, 0) is 54.0 Å². The minimum Gasteiger partial charge on any atom is -0.372 e. The molecular weight excluding hydrogens is 314 g/mol. The maximum absolute atomic E-state index is 4.80. The van der Waals surface area contributed by atoms with Crippen LogP contribution in [0, 0.1) is 5.92 Å². The Morgan fingerprint density at radius 3 is 2.40 bits per heavy atom. The van der Waals surface area contributed by atoms with Gasteiger partial charge in [0.25, 0.3) is 0 Å². The molecule has 2 rings (SSSR count). The molecule has 1 aromatic heterocycles. The van der Waals surface area contributed by atoms with E-state index in [4.69, 9.17) is 9.97 Å². The van der Waals surface area contributed by atoms with Crippen molar-refractivity contribution in [2.45, 2.75) is 64.7 Å². The molecule has 0 unspecified atom stereocenters. The van der Waals surface area contributed by atoms with E-state index in [1.165, 1.54) is 38.5 Å². The van der Waals surface area contributed by atoms with Crippen molar-refractivity contribution in [3.8, 4) is 0 Å². The minimum absolute atomic E-state index is 0.550. The summed E-state index contributed by atoms with van der Waals surface area (Å²) in [5.41, 5.74) is 1.12. The average Bonchev–Trinajstić information content (AvgIpc) is 2.49. The normalized spacial score (nSPS) is 22.8. The van der Waals surface area contributed by atoms with Crippen molar-refractivity contribution in [2.75, 3.05) is 12.4 Å². The summed E-state index contributed by atoms with van der Waals surface area (Å²) >= 11 is 3.60. The summed E-state index contributed by atoms with van der Waals surface area (Å²) in [4.78, 5) is 9.52. The van der Waals surface area contributed by atoms with Gasteiger partial charge >= 0.3 is 0 Å². The number of anilines is 1. The highest BCUT2D eigenvalue weighted by Crippen LogP contribution is 2.37. The van der Waals surface area contributed by atoms with E-state index in [1.54, 1.807) is 0 Å². The lowest BCUT2D eigenvalue weighted by atomic mass is 9.80. The number of rotatable bonds is 5. The van der Waals surface area contributed by atoms with Crippen LogP contribution in [-0.4, -0.2) is 17.0 Å². The molecule has 4 heteroatoms. The zero-order chi connectivity index (χ0) is 14.5. The van der Waals surface area contributed by atoms with Crippen molar-refractivity contribution in [1.29, 1.82) is 0 Å². The number of hydrogen-bond donors (Lipinski definition) is 1. The molecule has 0 amide bonds. The first-order chi connectivity index (χ1) is 9.69. The van der Waals surface area contributed by atoms with Crippen LogP contribution >= 0.6 is 15.9 Å². The molecule has 1 N–H and O–H groups in total. The van der Waals surface area contributed by atoms with Crippen LogP contribution in [-0.2, 0) is 6.42 Å². The second-order valence-corrected chi connectivity index (χ2v) is 6.59. The summed E-state index contributed by atoms with van der Waals surface area (Å²) in [6, 6.07) is 0. The van der Waals surface area contributed by atoms with Gasteiger partial charge in [0.05, 0.1) is 10.2 Å². The topological polar surface area (TPSA) is 37.8 Å². The van der Waals surface area contributed by atoms with E-state index in [2.05, 4.69) is 35.1 Å². The van der Waals surface area contributed by atoms with E-state index in [0.29, 0.717) is 5.92 Å². The van der Waals surface area contributed by atoms with Gasteiger partial charge in [0.1, 0.15) is 11.6 Å². The Labute approximate surface area is 131 Å². The van der Waals surface area contributed by atoms with Crippen LogP contribution in [0.1, 0.15) is 69.8 Å². The Balaban J connectivity index is 2.13. The zero-order valence-corrected chi connectivity index (χ0v) is 14.5. The van der Waals surface area contributed by atoms with Crippen molar-refractivity contribution in [3.05, 3.63) is 16.0 Å². The first-order valence-corrected chi connectivity index (χ1v) is 8.72. The fourth-order valence-corrected chi connectivity index (χ4v) is 3.87. The van der Waals surface area contributed by atoms with Crippen LogP contribution in [0.2, 0.25) is 0 Å². The van der Waals surface area contributed by atoms with Crippen molar-refractivity contribution in [3.63, 3.8) is 0 Å². The number of hydrogen-bond acceptors (Lipinski definition) is 3. The molecule has 1 aromatic rings. The third-order valence-electron chi connectivity index (χ3n) is 4.42. The number of aromatic nitrogens is 2. The number of nitrogens with one attached hydrogen (secondary N) is 1. The fraction of sp³-hybridized carbons (Fsp3) is 0.750. The molecule has 3 nitrogen and oxygen atoms in total. The third-order valence-corrected chi connectivity index (χ3v) is 5.25. The van der Waals surface area contributed by atoms with Gasteiger partial charge in [0.15, 0.2) is 0 Å². The monoisotopic (exact) mass is 339 g/mol. The molecule has 1 aliphatic rings. The fourth-order valence-electron chi connectivity index (χ4n) is 3.21. The van der Waals surface area contributed by atoms with E-state index in [0.717, 1.165) is 34.1 Å². The Bertz CT molecular complexity index is 414. The summed E-state index contributed by atoms with van der Waals surface area (Å²) in [6.07, 6.45) is 8.82. The van der Waals surface area contributed by atoms with E-state index in [9.17, 15) is 0 Å². The van der Waals surface area contributed by atoms with E-state index in [-0.39, 0.29) is 0 Å². The lowest BCUT2D eigenvalue weighted by Crippen LogP contribution is -2.17. The molecule has 1 fully saturated rings. The van der Waals surface area contributed by atoms with Gasteiger partial charge < -0.3 is 5.32 Å². The molecule has 0 aromatic carbocycles. The highest BCUT2D eigenvalue weighted by atomic mass is 79.9. The quantitative estimate of drug-likeness (QED) is 0.827. The molecule has 0 radical (unpaired) electrons. The van der Waals surface area contributed by atoms with Gasteiger partial charge in [0, 0.05) is 13.0 Å². The van der Waals surface area contributed by atoms with Gasteiger partial charge in [-0.25, -0.2) is 9.97 Å². The Hall–Kier alpha value is -0.640. The lowest BCUT2D eigenvalue weighted by Gasteiger charge is -2.28. The molecule has 0 atom stereocenters. The summed E-state index contributed by atoms with van der Waals surface area (Å²) in [5.74, 6) is 3.46. The van der Waals surface area contributed by atoms with Gasteiger partial charge in [-0.15, -0.1) is 0 Å². The first kappa shape index (κ1) is 15.7. The van der Waals surface area contributed by atoms with E-state index < -0.39 is 0 Å². The minimum atomic E-state index is 0.550. The number of aryl methyl sites for hydroxylation is 1. The van der Waals surface area contributed by atoms with E-state index >= 15 is 0 Å². The van der Waals surface area contributed by atoms with Gasteiger partial charge in [-0.1, -0.05) is 26.7 Å². The van der Waals surface area contributed by atoms with Crippen LogP contribution in [0.25, 0.3) is 0 Å². The summed E-state index contributed by atoms with van der Waals surface area (Å²) in [6.45, 7) is 4.44. The standard InChI is InChI=1S/C16H26BrN3/c1-4-6-11-7-9-12(10-8-11)15-19-13(5-2)14(17)16(18-3)20-15/h11-12H,4-10H2,1-3H3,(H,18,19,20). The van der Waals surface area contributed by atoms with Crippen LogP contribution < -0.4 is 5.32 Å².